The highest BCUT2D eigenvalue weighted by molar-refractivity contribution is 5.91. The highest BCUT2D eigenvalue weighted by Gasteiger charge is 2.35. The molecule has 0 aliphatic carbocycles. The maximum atomic E-state index is 12.2. The van der Waals surface area contributed by atoms with E-state index in [1.165, 1.54) is 0 Å². The van der Waals surface area contributed by atoms with Crippen molar-refractivity contribution in [3.63, 3.8) is 0 Å². The molecule has 2 fully saturated rings. The molecule has 0 radical (unpaired) electrons. The van der Waals surface area contributed by atoms with E-state index in [9.17, 15) is 9.59 Å². The monoisotopic (exact) mass is 225 g/mol. The maximum Gasteiger partial charge on any atom is 0.245 e. The van der Waals surface area contributed by atoms with Gasteiger partial charge in [-0.2, -0.15) is 0 Å². The molecule has 90 valence electrons. The fourth-order valence-corrected chi connectivity index (χ4v) is 2.21. The van der Waals surface area contributed by atoms with Gasteiger partial charge in [-0.05, 0) is 12.8 Å². The van der Waals surface area contributed by atoms with E-state index in [4.69, 9.17) is 0 Å². The van der Waals surface area contributed by atoms with E-state index in [2.05, 4.69) is 17.6 Å². The minimum absolute atomic E-state index is 0.00142. The summed E-state index contributed by atoms with van der Waals surface area (Å²) in [6.45, 7) is 4.62. The van der Waals surface area contributed by atoms with Gasteiger partial charge in [-0.15, -0.1) is 0 Å². The van der Waals surface area contributed by atoms with E-state index < -0.39 is 0 Å². The SMILES string of the molecule is CCCN(C(=O)[C@@H]1CCC(=O)N1)C1CNC1. The second-order valence-electron chi connectivity index (χ2n) is 4.50. The zero-order valence-corrected chi connectivity index (χ0v) is 9.66. The number of carbonyl (C=O) groups is 2. The number of amides is 2. The molecule has 2 saturated heterocycles. The van der Waals surface area contributed by atoms with Crippen LogP contribution in [0.15, 0.2) is 0 Å². The van der Waals surface area contributed by atoms with Gasteiger partial charge < -0.3 is 15.5 Å². The first-order valence-corrected chi connectivity index (χ1v) is 6.03. The molecule has 0 aromatic carbocycles. The van der Waals surface area contributed by atoms with Gasteiger partial charge >= 0.3 is 0 Å². The Balaban J connectivity index is 1.95. The average Bonchev–Trinajstić information content (AvgIpc) is 2.60. The summed E-state index contributed by atoms with van der Waals surface area (Å²) in [5.74, 6) is 0.0979. The predicted octanol–water partition coefficient (Wildman–Crippen LogP) is -0.525. The molecule has 0 aromatic heterocycles. The molecule has 2 rings (SSSR count). The van der Waals surface area contributed by atoms with Crippen LogP contribution >= 0.6 is 0 Å². The van der Waals surface area contributed by atoms with E-state index in [1.807, 2.05) is 4.90 Å². The second kappa shape index (κ2) is 4.82. The number of nitrogens with zero attached hydrogens (tertiary/aromatic N) is 1. The molecule has 2 aliphatic heterocycles. The van der Waals surface area contributed by atoms with Crippen LogP contribution in [0.1, 0.15) is 26.2 Å². The van der Waals surface area contributed by atoms with Crippen LogP contribution in [0.2, 0.25) is 0 Å². The molecule has 0 spiro atoms. The second-order valence-corrected chi connectivity index (χ2v) is 4.50. The van der Waals surface area contributed by atoms with Crippen LogP contribution in [0.4, 0.5) is 0 Å². The molecule has 5 nitrogen and oxygen atoms in total. The van der Waals surface area contributed by atoms with Gasteiger partial charge in [0.2, 0.25) is 11.8 Å². The van der Waals surface area contributed by atoms with E-state index in [1.54, 1.807) is 0 Å². The van der Waals surface area contributed by atoms with Crippen LogP contribution in [0, 0.1) is 0 Å². The summed E-state index contributed by atoms with van der Waals surface area (Å²) in [4.78, 5) is 25.2. The highest BCUT2D eigenvalue weighted by Crippen LogP contribution is 2.14. The minimum atomic E-state index is -0.278. The van der Waals surface area contributed by atoms with Crippen LogP contribution in [-0.4, -0.2) is 48.4 Å². The third-order valence-electron chi connectivity index (χ3n) is 3.24. The van der Waals surface area contributed by atoms with Crippen molar-refractivity contribution < 1.29 is 9.59 Å². The fourth-order valence-electron chi connectivity index (χ4n) is 2.21. The summed E-state index contributed by atoms with van der Waals surface area (Å²) in [6.07, 6.45) is 2.10. The Kier molecular flexibility index (Phi) is 3.43. The molecule has 1 atom stereocenters. The lowest BCUT2D eigenvalue weighted by Gasteiger charge is -2.39. The smallest absolute Gasteiger partial charge is 0.245 e. The lowest BCUT2D eigenvalue weighted by molar-refractivity contribution is -0.137. The van der Waals surface area contributed by atoms with Crippen molar-refractivity contribution in [2.45, 2.75) is 38.3 Å². The van der Waals surface area contributed by atoms with Crippen molar-refractivity contribution in [1.82, 2.24) is 15.5 Å². The molecule has 2 N–H and O–H groups in total. The summed E-state index contributed by atoms with van der Waals surface area (Å²) in [7, 11) is 0. The van der Waals surface area contributed by atoms with Crippen molar-refractivity contribution in [3.05, 3.63) is 0 Å². The predicted molar refractivity (Wildman–Crippen MR) is 59.8 cm³/mol. The van der Waals surface area contributed by atoms with Gasteiger partial charge in [-0.25, -0.2) is 0 Å². The Labute approximate surface area is 95.6 Å². The molecule has 2 heterocycles. The average molecular weight is 225 g/mol. The summed E-state index contributed by atoms with van der Waals surface area (Å²) in [6, 6.07) is 0.0459. The van der Waals surface area contributed by atoms with E-state index in [-0.39, 0.29) is 17.9 Å². The maximum absolute atomic E-state index is 12.2. The van der Waals surface area contributed by atoms with E-state index in [0.717, 1.165) is 26.1 Å². The van der Waals surface area contributed by atoms with E-state index >= 15 is 0 Å². The Morgan fingerprint density at radius 1 is 1.50 bits per heavy atom. The first-order valence-electron chi connectivity index (χ1n) is 6.03. The van der Waals surface area contributed by atoms with Crippen molar-refractivity contribution in [2.24, 2.45) is 0 Å². The Bertz CT molecular complexity index is 289. The third-order valence-corrected chi connectivity index (χ3v) is 3.24. The zero-order chi connectivity index (χ0) is 11.5. The van der Waals surface area contributed by atoms with Gasteiger partial charge in [0.1, 0.15) is 6.04 Å². The Hall–Kier alpha value is -1.10. The first-order chi connectivity index (χ1) is 7.72. The number of hydrogen-bond acceptors (Lipinski definition) is 3. The molecule has 2 aliphatic rings. The molecule has 0 bridgehead atoms. The quantitative estimate of drug-likeness (QED) is 0.676. The van der Waals surface area contributed by atoms with Crippen LogP contribution in [-0.2, 0) is 9.59 Å². The van der Waals surface area contributed by atoms with E-state index in [0.29, 0.717) is 18.9 Å². The standard InChI is InChI=1S/C11H19N3O2/c1-2-5-14(8-6-12-7-8)11(16)9-3-4-10(15)13-9/h8-9,12H,2-7H2,1H3,(H,13,15)/t9-/m0/s1. The largest absolute Gasteiger partial charge is 0.344 e. The molecule has 5 heteroatoms. The first kappa shape index (κ1) is 11.4. The van der Waals surface area contributed by atoms with Crippen molar-refractivity contribution in [1.29, 1.82) is 0 Å². The van der Waals surface area contributed by atoms with Crippen LogP contribution in [0.25, 0.3) is 0 Å². The molecule has 16 heavy (non-hydrogen) atoms. The van der Waals surface area contributed by atoms with Gasteiger partial charge in [0.25, 0.3) is 0 Å². The van der Waals surface area contributed by atoms with Gasteiger partial charge in [0.15, 0.2) is 0 Å². The summed E-state index contributed by atoms with van der Waals surface area (Å²) >= 11 is 0. The summed E-state index contributed by atoms with van der Waals surface area (Å²) in [5, 5.41) is 5.92. The lowest BCUT2D eigenvalue weighted by Crippen LogP contribution is -2.61. The summed E-state index contributed by atoms with van der Waals surface area (Å²) in [5.41, 5.74) is 0. The molecule has 0 saturated carbocycles. The normalized spacial score (nSPS) is 25.1. The Morgan fingerprint density at radius 3 is 2.69 bits per heavy atom. The number of rotatable bonds is 4. The van der Waals surface area contributed by atoms with Crippen molar-refractivity contribution >= 4 is 11.8 Å². The highest BCUT2D eigenvalue weighted by atomic mass is 16.2. The van der Waals surface area contributed by atoms with Gasteiger partial charge in [0.05, 0.1) is 6.04 Å². The molecular weight excluding hydrogens is 206 g/mol. The van der Waals surface area contributed by atoms with Gasteiger partial charge in [-0.3, -0.25) is 9.59 Å². The molecule has 0 aromatic rings. The van der Waals surface area contributed by atoms with Gasteiger partial charge in [0, 0.05) is 26.1 Å². The fraction of sp³-hybridized carbons (Fsp3) is 0.818. The van der Waals surface area contributed by atoms with Crippen LogP contribution in [0.5, 0.6) is 0 Å². The molecular formula is C11H19N3O2. The van der Waals surface area contributed by atoms with Crippen molar-refractivity contribution in [3.8, 4) is 0 Å². The van der Waals surface area contributed by atoms with Gasteiger partial charge in [-0.1, -0.05) is 6.92 Å². The lowest BCUT2D eigenvalue weighted by atomic mass is 10.1. The number of nitrogens with one attached hydrogen (secondary N) is 2. The third kappa shape index (κ3) is 2.19. The van der Waals surface area contributed by atoms with Crippen molar-refractivity contribution in [2.75, 3.05) is 19.6 Å². The molecule has 2 amide bonds. The topological polar surface area (TPSA) is 61.4 Å². The zero-order valence-electron chi connectivity index (χ0n) is 9.66. The number of hydrogen-bond donors (Lipinski definition) is 2. The number of carbonyl (C=O) groups excluding carboxylic acids is 2. The van der Waals surface area contributed by atoms with Crippen LogP contribution in [0.3, 0.4) is 0 Å². The molecule has 0 unspecified atom stereocenters. The minimum Gasteiger partial charge on any atom is -0.344 e. The Morgan fingerprint density at radius 2 is 2.25 bits per heavy atom. The summed E-state index contributed by atoms with van der Waals surface area (Å²) < 4.78 is 0. The van der Waals surface area contributed by atoms with Crippen LogP contribution < -0.4 is 10.6 Å².